The summed E-state index contributed by atoms with van der Waals surface area (Å²) in [4.78, 5) is 31.9. The lowest BCUT2D eigenvalue weighted by Crippen LogP contribution is -2.47. The Morgan fingerprint density at radius 3 is 1.95 bits per heavy atom. The van der Waals surface area contributed by atoms with Crippen molar-refractivity contribution < 1.29 is 22.8 Å². The van der Waals surface area contributed by atoms with Crippen molar-refractivity contribution in [1.82, 2.24) is 9.80 Å². The van der Waals surface area contributed by atoms with Gasteiger partial charge < -0.3 is 4.90 Å². The van der Waals surface area contributed by atoms with Crippen LogP contribution in [0.3, 0.4) is 0 Å². The van der Waals surface area contributed by atoms with Crippen LogP contribution >= 0.6 is 0 Å². The maximum absolute atomic E-state index is 13.4. The molecule has 5 rings (SSSR count). The number of nitrogens with zero attached hydrogens (tertiary/aromatic N) is 3. The molecule has 0 saturated carbocycles. The van der Waals surface area contributed by atoms with E-state index >= 15 is 0 Å². The smallest absolute Gasteiger partial charge is 0.369 e. The molecule has 2 fully saturated rings. The van der Waals surface area contributed by atoms with Crippen molar-refractivity contribution >= 4 is 23.1 Å². The molecule has 0 atom stereocenters. The van der Waals surface area contributed by atoms with E-state index in [4.69, 9.17) is 0 Å². The zero-order valence-corrected chi connectivity index (χ0v) is 21.5. The minimum Gasteiger partial charge on any atom is -0.369 e. The van der Waals surface area contributed by atoms with Gasteiger partial charge in [-0.3, -0.25) is 19.4 Å². The number of benzene rings is 3. The third-order valence-corrected chi connectivity index (χ3v) is 7.33. The van der Waals surface area contributed by atoms with E-state index in [0.29, 0.717) is 56.9 Å². The van der Waals surface area contributed by atoms with Crippen LogP contribution in [0.5, 0.6) is 0 Å². The van der Waals surface area contributed by atoms with Gasteiger partial charge in [-0.2, -0.15) is 13.2 Å². The Morgan fingerprint density at radius 1 is 0.744 bits per heavy atom. The van der Waals surface area contributed by atoms with Gasteiger partial charge >= 0.3 is 6.18 Å². The summed E-state index contributed by atoms with van der Waals surface area (Å²) in [6.45, 7) is 3.69. The average molecular weight is 534 g/mol. The Morgan fingerprint density at radius 2 is 1.36 bits per heavy atom. The molecule has 2 aliphatic rings. The van der Waals surface area contributed by atoms with Gasteiger partial charge in [-0.1, -0.05) is 66.7 Å². The number of likely N-dealkylation sites (tertiary alicyclic amines) is 1. The summed E-state index contributed by atoms with van der Waals surface area (Å²) in [5.41, 5.74) is 3.05. The molecular formula is C31H30F3N3O2. The Bertz CT molecular complexity index is 1310. The summed E-state index contributed by atoms with van der Waals surface area (Å²) in [6.07, 6.45) is -3.64. The molecule has 202 valence electrons. The molecule has 0 aromatic heterocycles. The number of carbonyl (C=O) groups excluding carboxylic acids is 2. The minimum absolute atomic E-state index is 0.0770. The Labute approximate surface area is 226 Å². The topological polar surface area (TPSA) is 43.9 Å². The van der Waals surface area contributed by atoms with E-state index in [0.717, 1.165) is 22.8 Å². The maximum atomic E-state index is 13.4. The van der Waals surface area contributed by atoms with E-state index in [2.05, 4.69) is 4.90 Å². The summed E-state index contributed by atoms with van der Waals surface area (Å²) in [5.74, 6) is -0.425. The first kappa shape index (κ1) is 26.7. The zero-order chi connectivity index (χ0) is 27.4. The number of alkyl halides is 3. The molecule has 2 saturated heterocycles. The van der Waals surface area contributed by atoms with Crippen LogP contribution in [-0.2, 0) is 15.8 Å². The first-order valence-electron chi connectivity index (χ1n) is 13.1. The van der Waals surface area contributed by atoms with Crippen molar-refractivity contribution in [1.29, 1.82) is 0 Å². The summed E-state index contributed by atoms with van der Waals surface area (Å²) < 4.78 is 39.2. The van der Waals surface area contributed by atoms with E-state index in [1.54, 1.807) is 6.07 Å². The highest BCUT2D eigenvalue weighted by atomic mass is 19.4. The third-order valence-electron chi connectivity index (χ3n) is 7.33. The molecule has 5 nitrogen and oxygen atoms in total. The number of hydrogen-bond acceptors (Lipinski definition) is 4. The van der Waals surface area contributed by atoms with Gasteiger partial charge in [0.1, 0.15) is 0 Å². The summed E-state index contributed by atoms with van der Waals surface area (Å²) in [6, 6.07) is 24.8. The SMILES string of the molecule is O=C1CC(=C(c2ccccc2)c2ccccc2)C(=O)N1CCCN1CCN(c2cccc(C(F)(F)F)c2)CC1. The van der Waals surface area contributed by atoms with E-state index in [9.17, 15) is 22.8 Å². The average Bonchev–Trinajstić information content (AvgIpc) is 3.22. The molecule has 0 N–H and O–H groups in total. The molecule has 39 heavy (non-hydrogen) atoms. The molecular weight excluding hydrogens is 503 g/mol. The highest BCUT2D eigenvalue weighted by Gasteiger charge is 2.36. The van der Waals surface area contributed by atoms with Crippen molar-refractivity contribution in [2.45, 2.75) is 19.0 Å². The molecule has 0 radical (unpaired) electrons. The van der Waals surface area contributed by atoms with E-state index in [1.807, 2.05) is 65.6 Å². The van der Waals surface area contributed by atoms with Gasteiger partial charge in [0.25, 0.3) is 5.91 Å². The number of imide groups is 1. The summed E-state index contributed by atoms with van der Waals surface area (Å²) in [7, 11) is 0. The molecule has 0 aliphatic carbocycles. The minimum atomic E-state index is -4.36. The Hall–Kier alpha value is -3.91. The largest absolute Gasteiger partial charge is 0.416 e. The van der Waals surface area contributed by atoms with Crippen LogP contribution < -0.4 is 4.90 Å². The van der Waals surface area contributed by atoms with Crippen LogP contribution in [0.2, 0.25) is 0 Å². The van der Waals surface area contributed by atoms with Gasteiger partial charge in [0.05, 0.1) is 12.0 Å². The Kier molecular flexibility index (Phi) is 7.84. The number of hydrogen-bond donors (Lipinski definition) is 0. The van der Waals surface area contributed by atoms with Crippen molar-refractivity contribution in [3.8, 4) is 0 Å². The van der Waals surface area contributed by atoms with Gasteiger partial charge in [-0.05, 0) is 47.9 Å². The molecule has 0 spiro atoms. The first-order valence-corrected chi connectivity index (χ1v) is 13.1. The quantitative estimate of drug-likeness (QED) is 0.298. The van der Waals surface area contributed by atoms with Crippen LogP contribution in [0, 0.1) is 0 Å². The van der Waals surface area contributed by atoms with Crippen LogP contribution in [0.4, 0.5) is 18.9 Å². The molecule has 3 aromatic rings. The van der Waals surface area contributed by atoms with Crippen molar-refractivity contribution in [3.05, 3.63) is 107 Å². The second-order valence-corrected chi connectivity index (χ2v) is 9.84. The summed E-state index contributed by atoms with van der Waals surface area (Å²) >= 11 is 0. The fourth-order valence-electron chi connectivity index (χ4n) is 5.31. The molecule has 0 unspecified atom stereocenters. The zero-order valence-electron chi connectivity index (χ0n) is 21.5. The molecule has 3 aromatic carbocycles. The van der Waals surface area contributed by atoms with Crippen molar-refractivity contribution in [3.63, 3.8) is 0 Å². The molecule has 8 heteroatoms. The third kappa shape index (κ3) is 6.06. The predicted molar refractivity (Wildman–Crippen MR) is 145 cm³/mol. The molecule has 2 aliphatic heterocycles. The number of piperazine rings is 1. The normalized spacial score (nSPS) is 16.7. The number of amides is 2. The number of carbonyl (C=O) groups is 2. The van der Waals surface area contributed by atoms with E-state index in [-0.39, 0.29) is 18.2 Å². The lowest BCUT2D eigenvalue weighted by atomic mass is 9.92. The number of rotatable bonds is 7. The highest BCUT2D eigenvalue weighted by Crippen LogP contribution is 2.34. The standard InChI is InChI=1S/C31H30F3N3O2/c32-31(33,34)25-13-7-14-26(21-25)36-19-17-35(18-20-36)15-8-16-37-28(38)22-27(30(37)39)29(23-9-3-1-4-10-23)24-11-5-2-6-12-24/h1-7,9-14,21H,8,15-20,22H2. The van der Waals surface area contributed by atoms with Gasteiger partial charge in [0.2, 0.25) is 5.91 Å². The number of anilines is 1. The van der Waals surface area contributed by atoms with Gasteiger partial charge in [-0.15, -0.1) is 0 Å². The van der Waals surface area contributed by atoms with Gasteiger partial charge in [0, 0.05) is 44.0 Å². The molecule has 2 amide bonds. The summed E-state index contributed by atoms with van der Waals surface area (Å²) in [5, 5.41) is 0. The van der Waals surface area contributed by atoms with Crippen LogP contribution in [0.1, 0.15) is 29.5 Å². The van der Waals surface area contributed by atoms with Crippen LogP contribution in [-0.4, -0.2) is 60.9 Å². The maximum Gasteiger partial charge on any atom is 0.416 e. The first-order chi connectivity index (χ1) is 18.8. The van der Waals surface area contributed by atoms with Crippen LogP contribution in [0.15, 0.2) is 90.5 Å². The van der Waals surface area contributed by atoms with Crippen molar-refractivity contribution in [2.75, 3.05) is 44.2 Å². The Balaban J connectivity index is 1.20. The van der Waals surface area contributed by atoms with E-state index < -0.39 is 11.7 Å². The fraction of sp³-hybridized carbons (Fsp3) is 0.290. The lowest BCUT2D eigenvalue weighted by Gasteiger charge is -2.36. The second kappa shape index (κ2) is 11.5. The molecule has 0 bridgehead atoms. The monoisotopic (exact) mass is 533 g/mol. The fourth-order valence-corrected chi connectivity index (χ4v) is 5.31. The van der Waals surface area contributed by atoms with Crippen LogP contribution in [0.25, 0.3) is 5.57 Å². The predicted octanol–water partition coefficient (Wildman–Crippen LogP) is 5.48. The second-order valence-electron chi connectivity index (χ2n) is 9.84. The highest BCUT2D eigenvalue weighted by molar-refractivity contribution is 6.18. The number of halogens is 3. The van der Waals surface area contributed by atoms with Gasteiger partial charge in [-0.25, -0.2) is 0 Å². The lowest BCUT2D eigenvalue weighted by molar-refractivity contribution is -0.138. The van der Waals surface area contributed by atoms with Gasteiger partial charge in [0.15, 0.2) is 0 Å². The van der Waals surface area contributed by atoms with Crippen molar-refractivity contribution in [2.24, 2.45) is 0 Å². The van der Waals surface area contributed by atoms with E-state index in [1.165, 1.54) is 17.0 Å². The molecule has 2 heterocycles.